The molecule has 0 radical (unpaired) electrons. The first-order valence-corrected chi connectivity index (χ1v) is 10.5. The molecule has 1 heterocycles. The summed E-state index contributed by atoms with van der Waals surface area (Å²) in [5.74, 6) is -0.117. The van der Waals surface area contributed by atoms with E-state index in [0.717, 1.165) is 36.4 Å². The predicted octanol–water partition coefficient (Wildman–Crippen LogP) is 5.34. The summed E-state index contributed by atoms with van der Waals surface area (Å²) in [5, 5.41) is 2.94. The van der Waals surface area contributed by atoms with Gasteiger partial charge in [0, 0.05) is 23.5 Å². The lowest BCUT2D eigenvalue weighted by Crippen LogP contribution is -2.32. The van der Waals surface area contributed by atoms with E-state index in [1.165, 1.54) is 17.3 Å². The maximum Gasteiger partial charge on any atom is 0.262 e. The van der Waals surface area contributed by atoms with Crippen molar-refractivity contribution >= 4 is 35.3 Å². The molecule has 0 aliphatic carbocycles. The van der Waals surface area contributed by atoms with Crippen LogP contribution in [-0.4, -0.2) is 29.8 Å². The Labute approximate surface area is 171 Å². The molecule has 0 bridgehead atoms. The van der Waals surface area contributed by atoms with E-state index < -0.39 is 0 Å². The molecule has 0 spiro atoms. The SMILES string of the molecule is CCCN(CCC)C(=O)c1ccc2c(c1)NC(=O)C(=Cc1ccc(C)cc1)S2. The quantitative estimate of drug-likeness (QED) is 0.673. The molecular weight excluding hydrogens is 368 g/mol. The topological polar surface area (TPSA) is 49.4 Å². The molecule has 2 amide bonds. The predicted molar refractivity (Wildman–Crippen MR) is 117 cm³/mol. The molecule has 3 rings (SSSR count). The highest BCUT2D eigenvalue weighted by Crippen LogP contribution is 2.39. The van der Waals surface area contributed by atoms with Gasteiger partial charge in [-0.25, -0.2) is 0 Å². The fourth-order valence-electron chi connectivity index (χ4n) is 3.14. The molecular formula is C23H26N2O2S. The lowest BCUT2D eigenvalue weighted by atomic mass is 10.1. The number of thioether (sulfide) groups is 1. The van der Waals surface area contributed by atoms with Crippen molar-refractivity contribution in [1.82, 2.24) is 4.90 Å². The molecule has 0 fully saturated rings. The summed E-state index contributed by atoms with van der Waals surface area (Å²) in [6.45, 7) is 7.67. The molecule has 2 aromatic carbocycles. The van der Waals surface area contributed by atoms with Crippen LogP contribution in [0.2, 0.25) is 0 Å². The van der Waals surface area contributed by atoms with E-state index in [9.17, 15) is 9.59 Å². The van der Waals surface area contributed by atoms with E-state index in [1.54, 1.807) is 6.07 Å². The summed E-state index contributed by atoms with van der Waals surface area (Å²) in [6, 6.07) is 13.6. The zero-order chi connectivity index (χ0) is 20.1. The van der Waals surface area contributed by atoms with E-state index in [-0.39, 0.29) is 11.8 Å². The number of rotatable bonds is 6. The van der Waals surface area contributed by atoms with Gasteiger partial charge in [0.25, 0.3) is 11.8 Å². The molecule has 0 unspecified atom stereocenters. The van der Waals surface area contributed by atoms with Gasteiger partial charge in [-0.2, -0.15) is 0 Å². The average molecular weight is 395 g/mol. The summed E-state index contributed by atoms with van der Waals surface area (Å²) in [4.78, 5) is 28.8. The first-order chi connectivity index (χ1) is 13.5. The number of benzene rings is 2. The fraction of sp³-hybridized carbons (Fsp3) is 0.304. The molecule has 0 saturated carbocycles. The van der Waals surface area contributed by atoms with E-state index >= 15 is 0 Å². The minimum absolute atomic E-state index is 0.0201. The first kappa shape index (κ1) is 20.2. The zero-order valence-corrected chi connectivity index (χ0v) is 17.4. The van der Waals surface area contributed by atoms with Crippen molar-refractivity contribution in [2.75, 3.05) is 18.4 Å². The van der Waals surface area contributed by atoms with Crippen LogP contribution in [0, 0.1) is 6.92 Å². The monoisotopic (exact) mass is 394 g/mol. The number of nitrogens with one attached hydrogen (secondary N) is 1. The summed E-state index contributed by atoms with van der Waals surface area (Å²) < 4.78 is 0. The number of amides is 2. The Bertz CT molecular complexity index is 897. The Morgan fingerprint density at radius 1 is 1.07 bits per heavy atom. The number of aryl methyl sites for hydroxylation is 1. The molecule has 0 aromatic heterocycles. The lowest BCUT2D eigenvalue weighted by molar-refractivity contribution is -0.112. The minimum Gasteiger partial charge on any atom is -0.339 e. The second kappa shape index (κ2) is 9.11. The highest BCUT2D eigenvalue weighted by Gasteiger charge is 2.23. The summed E-state index contributed by atoms with van der Waals surface area (Å²) in [7, 11) is 0. The first-order valence-electron chi connectivity index (χ1n) is 9.72. The van der Waals surface area contributed by atoms with Crippen molar-refractivity contribution in [3.63, 3.8) is 0 Å². The smallest absolute Gasteiger partial charge is 0.262 e. The van der Waals surface area contributed by atoms with Crippen molar-refractivity contribution in [3.05, 3.63) is 64.1 Å². The molecule has 5 heteroatoms. The van der Waals surface area contributed by atoms with E-state index in [2.05, 4.69) is 19.2 Å². The number of carbonyl (C=O) groups excluding carboxylic acids is 2. The van der Waals surface area contributed by atoms with Gasteiger partial charge < -0.3 is 10.2 Å². The minimum atomic E-state index is -0.137. The lowest BCUT2D eigenvalue weighted by Gasteiger charge is -2.23. The van der Waals surface area contributed by atoms with Gasteiger partial charge in [-0.3, -0.25) is 9.59 Å². The van der Waals surface area contributed by atoms with Crippen LogP contribution < -0.4 is 5.32 Å². The molecule has 28 heavy (non-hydrogen) atoms. The average Bonchev–Trinajstić information content (AvgIpc) is 2.69. The molecule has 1 N–H and O–H groups in total. The maximum atomic E-state index is 12.8. The van der Waals surface area contributed by atoms with E-state index in [4.69, 9.17) is 0 Å². The Morgan fingerprint density at radius 3 is 2.39 bits per heavy atom. The van der Waals surface area contributed by atoms with Gasteiger partial charge in [0.15, 0.2) is 0 Å². The van der Waals surface area contributed by atoms with Crippen LogP contribution in [0.25, 0.3) is 6.08 Å². The van der Waals surface area contributed by atoms with Crippen LogP contribution in [0.4, 0.5) is 5.69 Å². The van der Waals surface area contributed by atoms with Crippen LogP contribution in [0.3, 0.4) is 0 Å². The van der Waals surface area contributed by atoms with Crippen LogP contribution in [0.1, 0.15) is 48.2 Å². The van der Waals surface area contributed by atoms with Crippen molar-refractivity contribution < 1.29 is 9.59 Å². The summed E-state index contributed by atoms with van der Waals surface area (Å²) in [6.07, 6.45) is 3.75. The molecule has 1 aliphatic heterocycles. The van der Waals surface area contributed by atoms with Crippen molar-refractivity contribution in [2.45, 2.75) is 38.5 Å². The summed E-state index contributed by atoms with van der Waals surface area (Å²) in [5.41, 5.74) is 3.50. The number of fused-ring (bicyclic) bond motifs is 1. The molecule has 146 valence electrons. The number of hydrogen-bond acceptors (Lipinski definition) is 3. The molecule has 0 atom stereocenters. The zero-order valence-electron chi connectivity index (χ0n) is 16.6. The standard InChI is InChI=1S/C23H26N2O2S/c1-4-12-25(13-5-2)23(27)18-10-11-20-19(15-18)24-22(26)21(28-20)14-17-8-6-16(3)7-9-17/h6-11,14-15H,4-5,12-13H2,1-3H3,(H,24,26). The highest BCUT2D eigenvalue weighted by molar-refractivity contribution is 8.04. The Kier molecular flexibility index (Phi) is 6.57. The Hall–Kier alpha value is -2.53. The normalized spacial score (nSPS) is 14.5. The van der Waals surface area contributed by atoms with Gasteiger partial charge in [0.05, 0.1) is 10.6 Å². The van der Waals surface area contributed by atoms with Crippen LogP contribution >= 0.6 is 11.8 Å². The van der Waals surface area contributed by atoms with Crippen molar-refractivity contribution in [2.24, 2.45) is 0 Å². The third kappa shape index (κ3) is 4.65. The van der Waals surface area contributed by atoms with E-state index in [1.807, 2.05) is 54.3 Å². The van der Waals surface area contributed by atoms with Gasteiger partial charge in [-0.15, -0.1) is 0 Å². The number of carbonyl (C=O) groups is 2. The van der Waals surface area contributed by atoms with Gasteiger partial charge in [-0.1, -0.05) is 55.4 Å². The third-order valence-corrected chi connectivity index (χ3v) is 5.67. The van der Waals surface area contributed by atoms with Crippen molar-refractivity contribution in [1.29, 1.82) is 0 Å². The fourth-order valence-corrected chi connectivity index (χ4v) is 4.08. The molecule has 1 aliphatic rings. The molecule has 0 saturated heterocycles. The van der Waals surface area contributed by atoms with Crippen molar-refractivity contribution in [3.8, 4) is 0 Å². The summed E-state index contributed by atoms with van der Waals surface area (Å²) >= 11 is 1.44. The number of hydrogen-bond donors (Lipinski definition) is 1. The van der Waals surface area contributed by atoms with Crippen LogP contribution in [-0.2, 0) is 4.79 Å². The van der Waals surface area contributed by atoms with Gasteiger partial charge in [0.1, 0.15) is 0 Å². The second-order valence-corrected chi connectivity index (χ2v) is 8.06. The van der Waals surface area contributed by atoms with Gasteiger partial charge in [-0.05, 0) is 49.6 Å². The Morgan fingerprint density at radius 2 is 1.75 bits per heavy atom. The maximum absolute atomic E-state index is 12.8. The molecule has 4 nitrogen and oxygen atoms in total. The van der Waals surface area contributed by atoms with Crippen LogP contribution in [0.15, 0.2) is 52.3 Å². The van der Waals surface area contributed by atoms with Crippen LogP contribution in [0.5, 0.6) is 0 Å². The third-order valence-electron chi connectivity index (χ3n) is 4.57. The highest BCUT2D eigenvalue weighted by atomic mass is 32.2. The molecule has 2 aromatic rings. The largest absolute Gasteiger partial charge is 0.339 e. The number of anilines is 1. The van der Waals surface area contributed by atoms with E-state index in [0.29, 0.717) is 16.2 Å². The number of nitrogens with zero attached hydrogens (tertiary/aromatic N) is 1. The van der Waals surface area contributed by atoms with Gasteiger partial charge >= 0.3 is 0 Å². The second-order valence-electron chi connectivity index (χ2n) is 6.98. The Balaban J connectivity index is 1.82. The van der Waals surface area contributed by atoms with Gasteiger partial charge in [0.2, 0.25) is 0 Å².